The van der Waals surface area contributed by atoms with Crippen LogP contribution in [0.15, 0.2) is 170 Å². The lowest BCUT2D eigenvalue weighted by molar-refractivity contribution is 0.954. The van der Waals surface area contributed by atoms with Crippen molar-refractivity contribution in [2.45, 2.75) is 18.8 Å². The molecule has 2 aliphatic rings. The van der Waals surface area contributed by atoms with Crippen LogP contribution in [0.3, 0.4) is 0 Å². The molecule has 1 atom stereocenters. The van der Waals surface area contributed by atoms with Crippen molar-refractivity contribution in [2.24, 2.45) is 0 Å². The van der Waals surface area contributed by atoms with E-state index in [-0.39, 0.29) is 5.92 Å². The Kier molecular flexibility index (Phi) is 7.06. The van der Waals surface area contributed by atoms with E-state index in [0.717, 1.165) is 12.8 Å². The molecule has 6 aromatic carbocycles. The highest BCUT2D eigenvalue weighted by atomic mass is 15.0. The lowest BCUT2D eigenvalue weighted by Crippen LogP contribution is -2.02. The van der Waals surface area contributed by atoms with Crippen molar-refractivity contribution in [1.29, 1.82) is 0 Å². The molecule has 0 spiro atoms. The highest BCUT2D eigenvalue weighted by molar-refractivity contribution is 6.10. The van der Waals surface area contributed by atoms with Gasteiger partial charge in [0.1, 0.15) is 0 Å². The maximum atomic E-state index is 2.47. The fourth-order valence-electron chi connectivity index (χ4n) is 8.30. The normalized spacial score (nSPS) is 14.9. The highest BCUT2D eigenvalue weighted by Crippen LogP contribution is 2.41. The summed E-state index contributed by atoms with van der Waals surface area (Å²) in [6, 6.07) is 55.0. The molecule has 242 valence electrons. The van der Waals surface area contributed by atoms with E-state index in [1.807, 2.05) is 0 Å². The van der Waals surface area contributed by atoms with Gasteiger partial charge in [0, 0.05) is 39.3 Å². The Bertz CT molecular complexity index is 2660. The zero-order valence-corrected chi connectivity index (χ0v) is 28.3. The second-order valence-corrected chi connectivity index (χ2v) is 13.6. The summed E-state index contributed by atoms with van der Waals surface area (Å²) in [5, 5.41) is 2.56. The highest BCUT2D eigenvalue weighted by Gasteiger charge is 2.25. The maximum Gasteiger partial charge on any atom is 0.0582 e. The largest absolute Gasteiger partial charge is 0.310 e. The van der Waals surface area contributed by atoms with Crippen molar-refractivity contribution >= 4 is 40.0 Å². The molecule has 0 saturated heterocycles. The van der Waals surface area contributed by atoms with Gasteiger partial charge in [0.15, 0.2) is 0 Å². The van der Waals surface area contributed by atoms with Gasteiger partial charge in [0.05, 0.1) is 16.7 Å². The zero-order valence-electron chi connectivity index (χ0n) is 28.3. The van der Waals surface area contributed by atoms with E-state index in [1.54, 1.807) is 0 Å². The van der Waals surface area contributed by atoms with Crippen molar-refractivity contribution in [3.8, 4) is 33.6 Å². The first-order chi connectivity index (χ1) is 25.3. The second-order valence-electron chi connectivity index (χ2n) is 13.6. The molecule has 1 unspecified atom stereocenters. The van der Waals surface area contributed by atoms with Crippen LogP contribution in [-0.4, -0.2) is 9.13 Å². The Labute approximate surface area is 298 Å². The summed E-state index contributed by atoms with van der Waals surface area (Å²) in [5.41, 5.74) is 16.4. The summed E-state index contributed by atoms with van der Waals surface area (Å²) in [6.07, 6.45) is 16.4. The van der Waals surface area contributed by atoms with Crippen molar-refractivity contribution in [1.82, 2.24) is 9.13 Å². The lowest BCUT2D eigenvalue weighted by atomic mass is 9.95. The topological polar surface area (TPSA) is 9.86 Å². The molecule has 2 heterocycles. The average Bonchev–Trinajstić information content (AvgIpc) is 3.62. The summed E-state index contributed by atoms with van der Waals surface area (Å²) >= 11 is 0. The van der Waals surface area contributed by atoms with Crippen LogP contribution in [0, 0.1) is 0 Å². The Balaban J connectivity index is 1.12. The molecule has 0 fully saturated rings. The minimum Gasteiger partial charge on any atom is -0.310 e. The molecule has 0 aliphatic heterocycles. The van der Waals surface area contributed by atoms with Crippen LogP contribution >= 0.6 is 0 Å². The van der Waals surface area contributed by atoms with E-state index < -0.39 is 0 Å². The van der Waals surface area contributed by atoms with Gasteiger partial charge in [-0.1, -0.05) is 146 Å². The third-order valence-corrected chi connectivity index (χ3v) is 10.7. The van der Waals surface area contributed by atoms with Crippen LogP contribution in [-0.2, 0) is 6.42 Å². The molecule has 0 saturated carbocycles. The number of para-hydroxylation sites is 2. The van der Waals surface area contributed by atoms with Crippen LogP contribution in [0.2, 0.25) is 0 Å². The molecule has 2 aromatic heterocycles. The Morgan fingerprint density at radius 1 is 0.471 bits per heavy atom. The average molecular weight is 653 g/mol. The van der Waals surface area contributed by atoms with E-state index in [1.165, 1.54) is 83.5 Å². The minimum absolute atomic E-state index is 0.103. The lowest BCUT2D eigenvalue weighted by Gasteiger charge is -2.16. The van der Waals surface area contributed by atoms with E-state index in [4.69, 9.17) is 0 Å². The third-order valence-electron chi connectivity index (χ3n) is 10.7. The predicted octanol–water partition coefficient (Wildman–Crippen LogP) is 12.7. The fraction of sp³-hybridized carbons (Fsp3) is 0.0612. The maximum absolute atomic E-state index is 2.47. The van der Waals surface area contributed by atoms with Gasteiger partial charge in [-0.25, -0.2) is 0 Å². The molecule has 51 heavy (non-hydrogen) atoms. The monoisotopic (exact) mass is 652 g/mol. The summed E-state index contributed by atoms with van der Waals surface area (Å²) < 4.78 is 4.94. The van der Waals surface area contributed by atoms with Crippen LogP contribution in [0.4, 0.5) is 0 Å². The number of fused-ring (bicyclic) bond motifs is 6. The number of rotatable bonds is 5. The SMILES string of the molecule is C1=Cc2c(c3c(n2-c2cccc(-c4ccccc4)c2)C=CC(c2cccc4c5ccccc5n(-c5ccc(-c6ccccc6)cc5)c24)C=C3)CC1. The third kappa shape index (κ3) is 4.94. The fourth-order valence-corrected chi connectivity index (χ4v) is 8.30. The van der Waals surface area contributed by atoms with Gasteiger partial charge in [0.25, 0.3) is 0 Å². The summed E-state index contributed by atoms with van der Waals surface area (Å²) in [4.78, 5) is 0. The zero-order chi connectivity index (χ0) is 33.7. The van der Waals surface area contributed by atoms with Crippen LogP contribution in [0.5, 0.6) is 0 Å². The Hall–Kier alpha value is -6.38. The van der Waals surface area contributed by atoms with Crippen molar-refractivity contribution in [2.75, 3.05) is 0 Å². The Morgan fingerprint density at radius 3 is 1.96 bits per heavy atom. The minimum atomic E-state index is 0.103. The first kappa shape index (κ1) is 29.5. The van der Waals surface area contributed by atoms with Gasteiger partial charge < -0.3 is 9.13 Å². The molecular weight excluding hydrogens is 617 g/mol. The van der Waals surface area contributed by atoms with Gasteiger partial charge in [-0.2, -0.15) is 0 Å². The molecule has 2 heteroatoms. The predicted molar refractivity (Wildman–Crippen MR) is 216 cm³/mol. The molecule has 2 aliphatic carbocycles. The van der Waals surface area contributed by atoms with Crippen molar-refractivity contribution in [3.05, 3.63) is 198 Å². The molecule has 0 amide bonds. The summed E-state index contributed by atoms with van der Waals surface area (Å²) in [7, 11) is 0. The number of allylic oxidation sites excluding steroid dienone is 3. The molecule has 0 radical (unpaired) electrons. The number of hydrogen-bond donors (Lipinski definition) is 0. The molecule has 10 rings (SSSR count). The standard InChI is InChI=1S/C49H36N2/c1-3-13-34(14-4-1)36-25-29-39(30-26-36)51-47-24-10-8-20-43(47)45-22-12-21-41(49(45)51)37-27-31-44-42-19-7-9-23-46(42)50(48(44)32-28-37)40-18-11-17-38(33-40)35-15-5-2-6-16-35/h1-6,8-18,20-33,37H,7,19H2. The molecule has 8 aromatic rings. The van der Waals surface area contributed by atoms with E-state index >= 15 is 0 Å². The number of benzene rings is 6. The smallest absolute Gasteiger partial charge is 0.0582 e. The molecule has 2 nitrogen and oxygen atoms in total. The number of hydrogen-bond acceptors (Lipinski definition) is 0. The first-order valence-corrected chi connectivity index (χ1v) is 18.0. The summed E-state index contributed by atoms with van der Waals surface area (Å²) in [5.74, 6) is 0.103. The van der Waals surface area contributed by atoms with Gasteiger partial charge in [-0.05, 0) is 88.7 Å². The van der Waals surface area contributed by atoms with Crippen molar-refractivity contribution in [3.63, 3.8) is 0 Å². The van der Waals surface area contributed by atoms with Gasteiger partial charge >= 0.3 is 0 Å². The molecular formula is C49H36N2. The molecule has 0 bridgehead atoms. The first-order valence-electron chi connectivity index (χ1n) is 18.0. The quantitative estimate of drug-likeness (QED) is 0.175. The van der Waals surface area contributed by atoms with Gasteiger partial charge in [0.2, 0.25) is 0 Å². The van der Waals surface area contributed by atoms with E-state index in [9.17, 15) is 0 Å². The second kappa shape index (κ2) is 12.2. The van der Waals surface area contributed by atoms with Crippen LogP contribution in [0.1, 0.15) is 40.4 Å². The Morgan fingerprint density at radius 2 is 1.14 bits per heavy atom. The summed E-state index contributed by atoms with van der Waals surface area (Å²) in [6.45, 7) is 0. The van der Waals surface area contributed by atoms with Crippen LogP contribution in [0.25, 0.3) is 73.7 Å². The van der Waals surface area contributed by atoms with Crippen molar-refractivity contribution < 1.29 is 0 Å². The number of nitrogens with zero attached hydrogens (tertiary/aromatic N) is 2. The molecule has 0 N–H and O–H groups in total. The van der Waals surface area contributed by atoms with Crippen LogP contribution < -0.4 is 0 Å². The number of aromatic nitrogens is 2. The van der Waals surface area contributed by atoms with E-state index in [2.05, 4.69) is 197 Å². The van der Waals surface area contributed by atoms with E-state index in [0.29, 0.717) is 0 Å². The van der Waals surface area contributed by atoms with Gasteiger partial charge in [-0.3, -0.25) is 0 Å². The van der Waals surface area contributed by atoms with Gasteiger partial charge in [-0.15, -0.1) is 0 Å².